The van der Waals surface area contributed by atoms with E-state index in [1.54, 1.807) is 21.6 Å². The Kier molecular flexibility index (Phi) is 27.6. The van der Waals surface area contributed by atoms with Crippen molar-refractivity contribution < 1.29 is 28.8 Å². The van der Waals surface area contributed by atoms with E-state index in [0.29, 0.717) is 18.8 Å². The normalized spacial score (nSPS) is 13.5. The van der Waals surface area contributed by atoms with Gasteiger partial charge in [0.2, 0.25) is 5.91 Å². The van der Waals surface area contributed by atoms with E-state index in [0.717, 1.165) is 43.2 Å². The number of hydrogen-bond acceptors (Lipinski definition) is 6. The number of phosphoric acid groups is 1. The minimum atomic E-state index is -4.32. The van der Waals surface area contributed by atoms with Crippen LogP contribution in [0.5, 0.6) is 0 Å². The maximum atomic E-state index is 11.8. The second kappa shape index (κ2) is 27.4. The summed E-state index contributed by atoms with van der Waals surface area (Å²) in [6.07, 6.45) is 21.3. The highest BCUT2D eigenvalue weighted by molar-refractivity contribution is 8.76. The Morgan fingerprint density at radius 1 is 0.737 bits per heavy atom. The van der Waals surface area contributed by atoms with Crippen molar-refractivity contribution in [3.8, 4) is 0 Å². The molecule has 2 atom stereocenters. The largest absolute Gasteiger partial charge is 0.469 e. The van der Waals surface area contributed by atoms with Crippen LogP contribution in [-0.2, 0) is 13.9 Å². The minimum absolute atomic E-state index is 0.135. The minimum Gasteiger partial charge on any atom is -0.395 e. The quantitative estimate of drug-likeness (QED) is 0.0390. The summed E-state index contributed by atoms with van der Waals surface area (Å²) in [4.78, 5) is 29.2. The van der Waals surface area contributed by atoms with Crippen molar-refractivity contribution >= 4 is 35.3 Å². The van der Waals surface area contributed by atoms with Crippen LogP contribution in [0.4, 0.5) is 0 Å². The second-order valence-corrected chi connectivity index (χ2v) is 14.7. The number of amides is 1. The summed E-state index contributed by atoms with van der Waals surface area (Å²) in [6.45, 7) is 5.63. The fourth-order valence-corrected chi connectivity index (χ4v) is 6.65. The molecule has 0 radical (unpaired) electrons. The Morgan fingerprint density at radius 3 is 1.82 bits per heavy atom. The molecular weight excluding hydrogens is 541 g/mol. The van der Waals surface area contributed by atoms with E-state index in [4.69, 9.17) is 14.9 Å². The Balaban J connectivity index is 3.31. The van der Waals surface area contributed by atoms with Gasteiger partial charge in [-0.25, -0.2) is 4.57 Å². The molecule has 0 aliphatic carbocycles. The second-order valence-electron chi connectivity index (χ2n) is 10.8. The first-order valence-electron chi connectivity index (χ1n) is 15.1. The molecule has 0 aromatic carbocycles. The first kappa shape index (κ1) is 38.2. The van der Waals surface area contributed by atoms with Crippen molar-refractivity contribution in [3.63, 3.8) is 0 Å². The molecule has 0 aromatic heterocycles. The van der Waals surface area contributed by atoms with Gasteiger partial charge in [-0.05, 0) is 31.1 Å². The van der Waals surface area contributed by atoms with Crippen molar-refractivity contribution in [3.05, 3.63) is 0 Å². The van der Waals surface area contributed by atoms with Gasteiger partial charge in [0.25, 0.3) is 0 Å². The number of nitrogens with one attached hydrogen (secondary N) is 1. The lowest BCUT2D eigenvalue weighted by atomic mass is 9.93. The summed E-state index contributed by atoms with van der Waals surface area (Å²) >= 11 is 0. The van der Waals surface area contributed by atoms with Crippen LogP contribution in [0, 0.1) is 11.8 Å². The summed E-state index contributed by atoms with van der Waals surface area (Å²) in [5, 5.41) is 11.7. The molecule has 10 heteroatoms. The van der Waals surface area contributed by atoms with E-state index in [1.165, 1.54) is 83.5 Å². The van der Waals surface area contributed by atoms with E-state index in [-0.39, 0.29) is 19.1 Å². The average Bonchev–Trinajstić information content (AvgIpc) is 2.85. The van der Waals surface area contributed by atoms with E-state index >= 15 is 0 Å². The van der Waals surface area contributed by atoms with Crippen molar-refractivity contribution in [1.82, 2.24) is 5.32 Å². The number of hydrogen-bond donors (Lipinski definition) is 4. The lowest BCUT2D eigenvalue weighted by molar-refractivity contribution is -0.121. The molecule has 0 saturated heterocycles. The van der Waals surface area contributed by atoms with Crippen LogP contribution in [-0.4, -0.2) is 52.1 Å². The summed E-state index contributed by atoms with van der Waals surface area (Å²) in [6, 6.07) is 0. The molecule has 228 valence electrons. The third-order valence-electron chi connectivity index (χ3n) is 6.85. The number of unbranched alkanes of at least 4 members (excludes halogenated alkanes) is 10. The highest BCUT2D eigenvalue weighted by Gasteiger charge is 2.14. The third-order valence-corrected chi connectivity index (χ3v) is 9.84. The lowest BCUT2D eigenvalue weighted by Gasteiger charge is -2.14. The Labute approximate surface area is 241 Å². The molecule has 7 nitrogen and oxygen atoms in total. The Morgan fingerprint density at radius 2 is 1.24 bits per heavy atom. The van der Waals surface area contributed by atoms with Crippen LogP contribution in [0.2, 0.25) is 0 Å². The monoisotopic (exact) mass is 599 g/mol. The van der Waals surface area contributed by atoms with Crippen molar-refractivity contribution in [2.45, 2.75) is 129 Å². The maximum absolute atomic E-state index is 11.8. The molecule has 0 aliphatic rings. The summed E-state index contributed by atoms with van der Waals surface area (Å²) in [7, 11) is -0.922. The molecule has 0 fully saturated rings. The SMILES string of the molecule is CC(CCCCCCCCCCCCCNC(=O)CCCSSCCO)CCCC(C)CCOP(=O)(O)O. The Hall–Kier alpha value is 0.240. The first-order chi connectivity index (χ1) is 18.2. The van der Waals surface area contributed by atoms with Crippen molar-refractivity contribution in [1.29, 1.82) is 0 Å². The summed E-state index contributed by atoms with van der Waals surface area (Å²) in [5.74, 6) is 3.09. The van der Waals surface area contributed by atoms with E-state index in [2.05, 4.69) is 23.7 Å². The number of carbonyl (C=O) groups excluding carboxylic acids is 1. The van der Waals surface area contributed by atoms with Gasteiger partial charge in [0, 0.05) is 24.5 Å². The molecule has 4 N–H and O–H groups in total. The summed E-state index contributed by atoms with van der Waals surface area (Å²) < 4.78 is 15.2. The molecule has 0 heterocycles. The Bertz CT molecular complexity index is 582. The number of aliphatic hydroxyl groups is 1. The molecule has 2 unspecified atom stereocenters. The van der Waals surface area contributed by atoms with Crippen molar-refractivity contribution in [2.75, 3.05) is 31.3 Å². The highest BCUT2D eigenvalue weighted by atomic mass is 33.1. The smallest absolute Gasteiger partial charge is 0.395 e. The molecule has 0 spiro atoms. The third kappa shape index (κ3) is 30.8. The van der Waals surface area contributed by atoms with E-state index < -0.39 is 7.82 Å². The number of carbonyl (C=O) groups is 1. The molecule has 38 heavy (non-hydrogen) atoms. The van der Waals surface area contributed by atoms with Gasteiger partial charge < -0.3 is 20.2 Å². The first-order valence-corrected chi connectivity index (χ1v) is 19.1. The van der Waals surface area contributed by atoms with Gasteiger partial charge in [0.05, 0.1) is 13.2 Å². The maximum Gasteiger partial charge on any atom is 0.469 e. The van der Waals surface area contributed by atoms with Crippen molar-refractivity contribution in [2.24, 2.45) is 11.8 Å². The van der Waals surface area contributed by atoms with Crippen LogP contribution in [0.15, 0.2) is 0 Å². The topological polar surface area (TPSA) is 116 Å². The molecule has 0 saturated carbocycles. The molecule has 1 amide bonds. The molecule has 0 aliphatic heterocycles. The van der Waals surface area contributed by atoms with Gasteiger partial charge in [0.1, 0.15) is 0 Å². The predicted molar refractivity (Wildman–Crippen MR) is 164 cm³/mol. The number of rotatable bonds is 29. The molecule has 0 aromatic rings. The van der Waals surface area contributed by atoms with Crippen LogP contribution >= 0.6 is 29.4 Å². The molecule has 0 bridgehead atoms. The van der Waals surface area contributed by atoms with Gasteiger partial charge in [-0.1, -0.05) is 125 Å². The van der Waals surface area contributed by atoms with Gasteiger partial charge >= 0.3 is 7.82 Å². The number of aliphatic hydroxyl groups excluding tert-OH is 1. The van der Waals surface area contributed by atoms with Gasteiger partial charge in [0.15, 0.2) is 0 Å². The fourth-order valence-electron chi connectivity index (χ4n) is 4.45. The fraction of sp³-hybridized carbons (Fsp3) is 0.964. The van der Waals surface area contributed by atoms with Crippen LogP contribution in [0.3, 0.4) is 0 Å². The zero-order valence-electron chi connectivity index (χ0n) is 24.2. The van der Waals surface area contributed by atoms with Gasteiger partial charge in [-0.3, -0.25) is 9.32 Å². The predicted octanol–water partition coefficient (Wildman–Crippen LogP) is 7.88. The standard InChI is InChI=1S/C28H58NO6PS2/c1-26(17-14-18-27(2)20-23-35-36(32,33)34)16-12-10-8-6-4-3-5-7-9-11-13-21-29-28(31)19-15-24-37-38-25-22-30/h26-27,30H,3-25H2,1-2H3,(H,29,31)(H2,32,33,34). The van der Waals surface area contributed by atoms with Crippen LogP contribution in [0.25, 0.3) is 0 Å². The van der Waals surface area contributed by atoms with Crippen LogP contribution in [0.1, 0.15) is 129 Å². The van der Waals surface area contributed by atoms with Gasteiger partial charge in [-0.2, -0.15) is 0 Å². The zero-order chi connectivity index (χ0) is 28.3. The van der Waals surface area contributed by atoms with Gasteiger partial charge in [-0.15, -0.1) is 0 Å². The van der Waals surface area contributed by atoms with E-state index in [1.807, 2.05) is 0 Å². The molecule has 0 rings (SSSR count). The highest BCUT2D eigenvalue weighted by Crippen LogP contribution is 2.36. The number of phosphoric ester groups is 1. The average molecular weight is 600 g/mol. The summed E-state index contributed by atoms with van der Waals surface area (Å²) in [5.41, 5.74) is 0. The van der Waals surface area contributed by atoms with Crippen LogP contribution < -0.4 is 5.32 Å². The lowest BCUT2D eigenvalue weighted by Crippen LogP contribution is -2.24. The molecular formula is C28H58NO6PS2. The van der Waals surface area contributed by atoms with E-state index in [9.17, 15) is 9.36 Å². The zero-order valence-corrected chi connectivity index (χ0v) is 26.8.